The molecular weight excluding hydrogens is 292 g/mol. The van der Waals surface area contributed by atoms with Crippen molar-refractivity contribution in [2.75, 3.05) is 6.61 Å². The molecule has 0 aromatic heterocycles. The predicted octanol–water partition coefficient (Wildman–Crippen LogP) is 3.07. The van der Waals surface area contributed by atoms with Crippen LogP contribution in [0.2, 0.25) is 0 Å². The smallest absolute Gasteiger partial charge is 0.331 e. The molecule has 1 aliphatic rings. The minimum atomic E-state index is -0.378. The number of ether oxygens (including phenoxy) is 2. The Morgan fingerprint density at radius 2 is 2.09 bits per heavy atom. The highest BCUT2D eigenvalue weighted by Gasteiger charge is 2.20. The summed E-state index contributed by atoms with van der Waals surface area (Å²) >= 11 is 0. The highest BCUT2D eigenvalue weighted by atomic mass is 16.5. The van der Waals surface area contributed by atoms with Gasteiger partial charge in [0.1, 0.15) is 12.4 Å². The Kier molecular flexibility index (Phi) is 4.44. The number of esters is 1. The number of carbonyl (C=O) groups excluding carboxylic acids is 1. The Balaban J connectivity index is 2.17. The van der Waals surface area contributed by atoms with E-state index in [-0.39, 0.29) is 12.6 Å². The quantitative estimate of drug-likeness (QED) is 0.699. The molecular formula is C19H18O4. The van der Waals surface area contributed by atoms with E-state index in [1.807, 2.05) is 36.4 Å². The van der Waals surface area contributed by atoms with Gasteiger partial charge in [0.25, 0.3) is 0 Å². The summed E-state index contributed by atoms with van der Waals surface area (Å²) in [6, 6.07) is 13.3. The van der Waals surface area contributed by atoms with Crippen molar-refractivity contribution >= 4 is 11.5 Å². The number of aliphatic hydroxyl groups excluding tert-OH is 1. The van der Waals surface area contributed by atoms with Gasteiger partial charge < -0.3 is 14.6 Å². The van der Waals surface area contributed by atoms with E-state index in [2.05, 4.69) is 0 Å². The molecule has 3 rings (SSSR count). The minimum absolute atomic E-state index is 0.0550. The molecule has 0 atom stereocenters. The molecule has 0 unspecified atom stereocenters. The largest absolute Gasteiger partial charge is 0.488 e. The molecule has 0 radical (unpaired) electrons. The van der Waals surface area contributed by atoms with Crippen molar-refractivity contribution in [2.45, 2.75) is 20.1 Å². The van der Waals surface area contributed by atoms with Crippen LogP contribution in [0.15, 0.2) is 48.5 Å². The third kappa shape index (κ3) is 3.12. The summed E-state index contributed by atoms with van der Waals surface area (Å²) < 4.78 is 10.9. The summed E-state index contributed by atoms with van der Waals surface area (Å²) in [7, 11) is 0. The van der Waals surface area contributed by atoms with Crippen LogP contribution < -0.4 is 4.74 Å². The Morgan fingerprint density at radius 1 is 1.26 bits per heavy atom. The van der Waals surface area contributed by atoms with Gasteiger partial charge in [-0.3, -0.25) is 0 Å². The van der Waals surface area contributed by atoms with Gasteiger partial charge in [0, 0.05) is 17.2 Å². The zero-order valence-corrected chi connectivity index (χ0v) is 12.9. The van der Waals surface area contributed by atoms with E-state index in [4.69, 9.17) is 9.47 Å². The second kappa shape index (κ2) is 6.67. The Morgan fingerprint density at radius 3 is 2.87 bits per heavy atom. The maximum atomic E-state index is 12.0. The SMILES string of the molecule is CCOC(=O)C=C1c2ccccc2COc2cc(CO)ccc21. The lowest BCUT2D eigenvalue weighted by molar-refractivity contribution is -0.137. The molecule has 118 valence electrons. The molecule has 0 saturated carbocycles. The summed E-state index contributed by atoms with van der Waals surface area (Å²) in [4.78, 5) is 12.0. The van der Waals surface area contributed by atoms with Crippen LogP contribution >= 0.6 is 0 Å². The van der Waals surface area contributed by atoms with Crippen molar-refractivity contribution in [3.05, 3.63) is 70.8 Å². The summed E-state index contributed by atoms with van der Waals surface area (Å²) in [5.74, 6) is 0.277. The average molecular weight is 310 g/mol. The van der Waals surface area contributed by atoms with E-state index in [9.17, 15) is 9.90 Å². The van der Waals surface area contributed by atoms with Gasteiger partial charge in [-0.2, -0.15) is 0 Å². The van der Waals surface area contributed by atoms with Crippen LogP contribution in [0.3, 0.4) is 0 Å². The van der Waals surface area contributed by atoms with Crippen molar-refractivity contribution in [2.24, 2.45) is 0 Å². The number of rotatable bonds is 3. The molecule has 0 amide bonds. The van der Waals surface area contributed by atoms with Crippen LogP contribution in [0.25, 0.3) is 5.57 Å². The molecule has 0 bridgehead atoms. The highest BCUT2D eigenvalue weighted by Crippen LogP contribution is 2.37. The lowest BCUT2D eigenvalue weighted by Gasteiger charge is -2.11. The van der Waals surface area contributed by atoms with Crippen LogP contribution in [0.5, 0.6) is 5.75 Å². The molecule has 2 aromatic carbocycles. The van der Waals surface area contributed by atoms with Crippen molar-refractivity contribution in [3.8, 4) is 5.75 Å². The third-order valence-electron chi connectivity index (χ3n) is 3.76. The van der Waals surface area contributed by atoms with E-state index in [0.29, 0.717) is 19.0 Å². The Labute approximate surface area is 135 Å². The first kappa shape index (κ1) is 15.3. The molecule has 2 aromatic rings. The molecule has 0 saturated heterocycles. The number of benzene rings is 2. The van der Waals surface area contributed by atoms with Crippen LogP contribution in [0.4, 0.5) is 0 Å². The number of aliphatic hydroxyl groups is 1. The number of fused-ring (bicyclic) bond motifs is 2. The summed E-state index contributed by atoms with van der Waals surface area (Å²) in [5, 5.41) is 9.32. The molecule has 0 aliphatic carbocycles. The second-order valence-electron chi connectivity index (χ2n) is 5.24. The van der Waals surface area contributed by atoms with Gasteiger partial charge in [-0.25, -0.2) is 4.79 Å². The standard InChI is InChI=1S/C19H18O4/c1-2-22-19(21)10-17-15-6-4-3-5-14(15)12-23-18-9-13(11-20)7-8-16(17)18/h3-10,20H,2,11-12H2,1H3. The van der Waals surface area contributed by atoms with Gasteiger partial charge in [0.15, 0.2) is 0 Å². The van der Waals surface area contributed by atoms with Gasteiger partial charge in [0.2, 0.25) is 0 Å². The molecule has 23 heavy (non-hydrogen) atoms. The van der Waals surface area contributed by atoms with Gasteiger partial charge in [-0.1, -0.05) is 36.4 Å². The fourth-order valence-electron chi connectivity index (χ4n) is 2.67. The fourth-order valence-corrected chi connectivity index (χ4v) is 2.67. The van der Waals surface area contributed by atoms with Crippen LogP contribution in [-0.4, -0.2) is 17.7 Å². The van der Waals surface area contributed by atoms with Gasteiger partial charge in [0.05, 0.1) is 13.2 Å². The van der Waals surface area contributed by atoms with Crippen molar-refractivity contribution in [1.29, 1.82) is 0 Å². The number of hydrogen-bond acceptors (Lipinski definition) is 4. The van der Waals surface area contributed by atoms with Gasteiger partial charge >= 0.3 is 5.97 Å². The van der Waals surface area contributed by atoms with E-state index >= 15 is 0 Å². The summed E-state index contributed by atoms with van der Waals surface area (Å²) in [6.07, 6.45) is 1.51. The van der Waals surface area contributed by atoms with Crippen molar-refractivity contribution in [1.82, 2.24) is 0 Å². The Hall–Kier alpha value is -2.59. The van der Waals surface area contributed by atoms with Crippen LogP contribution in [-0.2, 0) is 22.7 Å². The monoisotopic (exact) mass is 310 g/mol. The second-order valence-corrected chi connectivity index (χ2v) is 5.24. The Bertz CT molecular complexity index is 762. The van der Waals surface area contributed by atoms with E-state index in [1.54, 1.807) is 13.0 Å². The zero-order valence-electron chi connectivity index (χ0n) is 12.9. The van der Waals surface area contributed by atoms with Gasteiger partial charge in [-0.15, -0.1) is 0 Å². The van der Waals surface area contributed by atoms with Crippen LogP contribution in [0.1, 0.15) is 29.2 Å². The first-order chi connectivity index (χ1) is 11.2. The lowest BCUT2D eigenvalue weighted by Crippen LogP contribution is -2.02. The first-order valence-electron chi connectivity index (χ1n) is 7.56. The van der Waals surface area contributed by atoms with Crippen molar-refractivity contribution in [3.63, 3.8) is 0 Å². The zero-order chi connectivity index (χ0) is 16.2. The highest BCUT2D eigenvalue weighted by molar-refractivity contribution is 5.98. The van der Waals surface area contributed by atoms with Crippen LogP contribution in [0, 0.1) is 0 Å². The van der Waals surface area contributed by atoms with Crippen molar-refractivity contribution < 1.29 is 19.4 Å². The third-order valence-corrected chi connectivity index (χ3v) is 3.76. The molecule has 4 nitrogen and oxygen atoms in total. The minimum Gasteiger partial charge on any atom is -0.488 e. The molecule has 0 spiro atoms. The molecule has 0 fully saturated rings. The number of carbonyl (C=O) groups is 1. The van der Waals surface area contributed by atoms with E-state index in [1.165, 1.54) is 6.08 Å². The molecule has 1 N–H and O–H groups in total. The first-order valence-corrected chi connectivity index (χ1v) is 7.56. The lowest BCUT2D eigenvalue weighted by atomic mass is 9.93. The molecule has 1 aliphatic heterocycles. The fraction of sp³-hybridized carbons (Fsp3) is 0.211. The number of hydrogen-bond donors (Lipinski definition) is 1. The topological polar surface area (TPSA) is 55.8 Å². The van der Waals surface area contributed by atoms with E-state index in [0.717, 1.165) is 27.8 Å². The molecule has 1 heterocycles. The van der Waals surface area contributed by atoms with E-state index < -0.39 is 0 Å². The summed E-state index contributed by atoms with van der Waals surface area (Å²) in [6.45, 7) is 2.47. The van der Waals surface area contributed by atoms with Gasteiger partial charge in [-0.05, 0) is 29.7 Å². The maximum absolute atomic E-state index is 12.0. The maximum Gasteiger partial charge on any atom is 0.331 e. The average Bonchev–Trinajstić information content (AvgIpc) is 2.72. The normalized spacial score (nSPS) is 14.4. The predicted molar refractivity (Wildman–Crippen MR) is 86.9 cm³/mol. The summed E-state index contributed by atoms with van der Waals surface area (Å²) in [5.41, 5.74) is 4.32. The molecule has 4 heteroatoms.